The molecule has 3 fully saturated rings. The molecule has 2 saturated carbocycles. The first-order valence-electron chi connectivity index (χ1n) is 11.5. The molecule has 2 bridgehead atoms. The molecule has 1 aliphatic heterocycles. The van der Waals surface area contributed by atoms with Gasteiger partial charge in [0.15, 0.2) is 0 Å². The van der Waals surface area contributed by atoms with Gasteiger partial charge in [0, 0.05) is 18.7 Å². The number of amides is 3. The molecule has 1 heterocycles. The number of nitrogens with zero attached hydrogens (tertiary/aromatic N) is 1. The number of rotatable bonds is 7. The van der Waals surface area contributed by atoms with E-state index in [2.05, 4.69) is 17.5 Å². The van der Waals surface area contributed by atoms with Crippen LogP contribution in [0.5, 0.6) is 0 Å². The van der Waals surface area contributed by atoms with Crippen molar-refractivity contribution < 1.29 is 23.9 Å². The van der Waals surface area contributed by atoms with Crippen LogP contribution < -0.4 is 5.32 Å². The van der Waals surface area contributed by atoms with Crippen LogP contribution in [-0.2, 0) is 19.1 Å². The number of anilines is 1. The number of imide groups is 1. The fraction of sp³-hybridized carbons (Fsp3) is 0.520. The highest BCUT2D eigenvalue weighted by Crippen LogP contribution is 2.65. The fourth-order valence-corrected chi connectivity index (χ4v) is 5.69. The van der Waals surface area contributed by atoms with Crippen LogP contribution in [0, 0.1) is 41.4 Å². The Balaban J connectivity index is 1.14. The van der Waals surface area contributed by atoms with Gasteiger partial charge >= 0.3 is 5.97 Å². The number of esters is 1. The van der Waals surface area contributed by atoms with E-state index in [1.165, 1.54) is 4.90 Å². The lowest BCUT2D eigenvalue weighted by Crippen LogP contribution is -2.40. The second-order valence-electron chi connectivity index (χ2n) is 9.85. The smallest absolute Gasteiger partial charge is 0.338 e. The third-order valence-corrected chi connectivity index (χ3v) is 7.27. The van der Waals surface area contributed by atoms with Crippen LogP contribution in [-0.4, -0.2) is 41.7 Å². The Morgan fingerprint density at radius 1 is 1.03 bits per heavy atom. The summed E-state index contributed by atoms with van der Waals surface area (Å²) < 4.78 is 5.19. The van der Waals surface area contributed by atoms with E-state index in [1.807, 2.05) is 13.8 Å². The van der Waals surface area contributed by atoms with Crippen LogP contribution in [0.15, 0.2) is 36.4 Å². The lowest BCUT2D eigenvalue weighted by Gasteiger charge is -2.37. The number of carbonyl (C=O) groups excluding carboxylic acids is 4. The molecule has 1 saturated heterocycles. The van der Waals surface area contributed by atoms with Gasteiger partial charge in [0.05, 0.1) is 24.0 Å². The molecular formula is C25H28N2O5. The van der Waals surface area contributed by atoms with Crippen LogP contribution in [0.2, 0.25) is 0 Å². The van der Waals surface area contributed by atoms with E-state index in [-0.39, 0.29) is 60.3 Å². The highest BCUT2D eigenvalue weighted by molar-refractivity contribution is 6.06. The highest BCUT2D eigenvalue weighted by Gasteiger charge is 2.66. The summed E-state index contributed by atoms with van der Waals surface area (Å²) in [6, 6.07) is 6.48. The van der Waals surface area contributed by atoms with Gasteiger partial charge in [-0.1, -0.05) is 26.0 Å². The average molecular weight is 437 g/mol. The molecule has 7 heteroatoms. The Morgan fingerprint density at radius 3 is 2.19 bits per heavy atom. The second-order valence-corrected chi connectivity index (χ2v) is 9.85. The molecule has 1 aromatic carbocycles. The zero-order valence-corrected chi connectivity index (χ0v) is 18.3. The van der Waals surface area contributed by atoms with Crippen molar-refractivity contribution in [3.63, 3.8) is 0 Å². The van der Waals surface area contributed by atoms with Crippen LogP contribution >= 0.6 is 0 Å². The summed E-state index contributed by atoms with van der Waals surface area (Å²) in [5, 5.41) is 2.77. The molecule has 7 nitrogen and oxygen atoms in total. The lowest BCUT2D eigenvalue weighted by atomic mass is 9.63. The number of hydrogen-bond acceptors (Lipinski definition) is 5. The first-order chi connectivity index (χ1) is 15.3. The summed E-state index contributed by atoms with van der Waals surface area (Å²) in [5.74, 6) is 0.418. The number of benzene rings is 1. The van der Waals surface area contributed by atoms with Crippen molar-refractivity contribution in [3.05, 3.63) is 42.0 Å². The summed E-state index contributed by atoms with van der Waals surface area (Å²) >= 11 is 0. The van der Waals surface area contributed by atoms with Crippen LogP contribution in [0.1, 0.15) is 37.0 Å². The van der Waals surface area contributed by atoms with Gasteiger partial charge in [-0.2, -0.15) is 0 Å². The molecule has 1 aromatic rings. The molecule has 5 aliphatic rings. The largest absolute Gasteiger partial charge is 0.462 e. The molecule has 0 spiro atoms. The SMILES string of the molecule is CC(C)COC(=O)c1ccc(NC(=O)CCN2C(=O)[C@@H]3[C@H]4C=C[C@@H]([C@@H]5C[C@H]45)[C@@H]3C2=O)cc1. The van der Waals surface area contributed by atoms with Crippen molar-refractivity contribution in [2.24, 2.45) is 41.4 Å². The number of carbonyl (C=O) groups is 4. The molecule has 168 valence electrons. The van der Waals surface area contributed by atoms with Gasteiger partial charge in [-0.15, -0.1) is 0 Å². The third-order valence-electron chi connectivity index (χ3n) is 7.27. The normalized spacial score (nSPS) is 31.5. The van der Waals surface area contributed by atoms with Gasteiger partial charge in [0.25, 0.3) is 0 Å². The average Bonchev–Trinajstić information content (AvgIpc) is 3.56. The van der Waals surface area contributed by atoms with Gasteiger partial charge in [-0.05, 0) is 60.3 Å². The number of hydrogen-bond donors (Lipinski definition) is 1. The molecule has 0 radical (unpaired) electrons. The summed E-state index contributed by atoms with van der Waals surface area (Å²) in [4.78, 5) is 51.7. The Bertz CT molecular complexity index is 962. The highest BCUT2D eigenvalue weighted by atomic mass is 16.5. The third kappa shape index (κ3) is 3.53. The zero-order chi connectivity index (χ0) is 22.6. The van der Waals surface area contributed by atoms with E-state index in [9.17, 15) is 19.2 Å². The van der Waals surface area contributed by atoms with Gasteiger partial charge < -0.3 is 10.1 Å². The van der Waals surface area contributed by atoms with Crippen molar-refractivity contribution in [1.82, 2.24) is 4.90 Å². The van der Waals surface area contributed by atoms with Crippen molar-refractivity contribution in [3.8, 4) is 0 Å². The second kappa shape index (κ2) is 7.87. The first kappa shape index (κ1) is 20.9. The maximum Gasteiger partial charge on any atom is 0.338 e. The predicted octanol–water partition coefficient (Wildman–Crippen LogP) is 2.88. The molecule has 6 rings (SSSR count). The van der Waals surface area contributed by atoms with Crippen molar-refractivity contribution in [1.29, 1.82) is 0 Å². The number of ether oxygens (including phenoxy) is 1. The van der Waals surface area contributed by atoms with Crippen molar-refractivity contribution in [2.75, 3.05) is 18.5 Å². The minimum atomic E-state index is -0.398. The van der Waals surface area contributed by atoms with E-state index < -0.39 is 5.97 Å². The maximum atomic E-state index is 13.0. The van der Waals surface area contributed by atoms with Crippen molar-refractivity contribution >= 4 is 29.4 Å². The van der Waals surface area contributed by atoms with Gasteiger partial charge in [0.1, 0.15) is 0 Å². The topological polar surface area (TPSA) is 92.8 Å². The Kier molecular flexibility index (Phi) is 5.14. The molecule has 1 N–H and O–H groups in total. The van der Waals surface area contributed by atoms with Gasteiger partial charge in [0.2, 0.25) is 17.7 Å². The van der Waals surface area contributed by atoms with Gasteiger partial charge in [-0.3, -0.25) is 19.3 Å². The monoisotopic (exact) mass is 436 g/mol. The number of allylic oxidation sites excluding steroid dienone is 2. The Morgan fingerprint density at radius 2 is 1.62 bits per heavy atom. The molecule has 6 atom stereocenters. The van der Waals surface area contributed by atoms with E-state index >= 15 is 0 Å². The Hall–Kier alpha value is -2.96. The summed E-state index contributed by atoms with van der Waals surface area (Å²) in [6.07, 6.45) is 5.46. The first-order valence-corrected chi connectivity index (χ1v) is 11.5. The standard InChI is InChI=1S/C25H28N2O5/c1-13(2)12-32-25(31)14-3-5-15(6-4-14)26-20(28)9-10-27-23(29)21-16-7-8-17(19-11-18(16)19)22(21)24(27)30/h3-8,13,16-19,21-22H,9-12H2,1-2H3,(H,26,28)/t16-,17-,18-,19+,21-,22+/m0/s1. The Labute approximate surface area is 187 Å². The van der Waals surface area contributed by atoms with E-state index in [4.69, 9.17) is 4.74 Å². The van der Waals surface area contributed by atoms with Crippen LogP contribution in [0.4, 0.5) is 5.69 Å². The summed E-state index contributed by atoms with van der Waals surface area (Å²) in [5.41, 5.74) is 0.964. The molecular weight excluding hydrogens is 408 g/mol. The molecule has 3 amide bonds. The minimum Gasteiger partial charge on any atom is -0.462 e. The van der Waals surface area contributed by atoms with Crippen LogP contribution in [0.25, 0.3) is 0 Å². The van der Waals surface area contributed by atoms with E-state index in [1.54, 1.807) is 24.3 Å². The van der Waals surface area contributed by atoms with Crippen molar-refractivity contribution in [2.45, 2.75) is 26.7 Å². The molecule has 4 aliphatic carbocycles. The summed E-state index contributed by atoms with van der Waals surface area (Å²) in [6.45, 7) is 4.39. The molecule has 0 unspecified atom stereocenters. The quantitative estimate of drug-likeness (QED) is 0.403. The predicted molar refractivity (Wildman–Crippen MR) is 116 cm³/mol. The maximum absolute atomic E-state index is 13.0. The fourth-order valence-electron chi connectivity index (χ4n) is 5.69. The summed E-state index contributed by atoms with van der Waals surface area (Å²) in [7, 11) is 0. The molecule has 0 aromatic heterocycles. The van der Waals surface area contributed by atoms with Gasteiger partial charge in [-0.25, -0.2) is 4.79 Å². The van der Waals surface area contributed by atoms with E-state index in [0.29, 0.717) is 29.7 Å². The number of nitrogens with one attached hydrogen (secondary N) is 1. The minimum absolute atomic E-state index is 0.0463. The zero-order valence-electron chi connectivity index (χ0n) is 18.3. The van der Waals surface area contributed by atoms with E-state index in [0.717, 1.165) is 6.42 Å². The molecule has 32 heavy (non-hydrogen) atoms. The number of likely N-dealkylation sites (tertiary alicyclic amines) is 1. The lowest BCUT2D eigenvalue weighted by molar-refractivity contribution is -0.140. The van der Waals surface area contributed by atoms with Crippen LogP contribution in [0.3, 0.4) is 0 Å².